The number of benzene rings is 1. The third-order valence-corrected chi connectivity index (χ3v) is 2.75. The minimum Gasteiger partial charge on any atom is -0.372 e. The molecule has 0 saturated carbocycles. The number of hydrogen-bond acceptors (Lipinski definition) is 3. The normalized spacial score (nSPS) is 10.5. The van der Waals surface area contributed by atoms with Crippen molar-refractivity contribution in [1.29, 1.82) is 10.5 Å². The molecule has 1 aromatic carbocycles. The van der Waals surface area contributed by atoms with Crippen molar-refractivity contribution in [2.75, 3.05) is 6.54 Å². The van der Waals surface area contributed by atoms with E-state index < -0.39 is 0 Å². The van der Waals surface area contributed by atoms with E-state index in [1.54, 1.807) is 6.19 Å². The maximum atomic E-state index is 8.55. The van der Waals surface area contributed by atoms with Crippen LogP contribution >= 0.6 is 0 Å². The first-order valence-electron chi connectivity index (χ1n) is 6.47. The molecule has 1 aromatic rings. The summed E-state index contributed by atoms with van der Waals surface area (Å²) < 4.78 is 0. The molecule has 0 saturated heterocycles. The SMILES string of the molecule is N#CCC(=NC#N)NCCCCCc1ccccc1. The zero-order valence-electron chi connectivity index (χ0n) is 11.0. The number of nitriles is 2. The number of aryl methyl sites for hydroxylation is 1. The van der Waals surface area contributed by atoms with Gasteiger partial charge in [0.1, 0.15) is 5.84 Å². The number of hydrogen-bond donors (Lipinski definition) is 1. The molecule has 0 fully saturated rings. The molecule has 0 amide bonds. The minimum absolute atomic E-state index is 0.164. The fourth-order valence-corrected chi connectivity index (χ4v) is 1.79. The predicted molar refractivity (Wildman–Crippen MR) is 75.3 cm³/mol. The number of aliphatic imine (C=N–C) groups is 1. The molecule has 0 radical (unpaired) electrons. The summed E-state index contributed by atoms with van der Waals surface area (Å²) in [7, 11) is 0. The van der Waals surface area contributed by atoms with Gasteiger partial charge in [-0.25, -0.2) is 0 Å². The molecule has 0 aliphatic heterocycles. The van der Waals surface area contributed by atoms with Crippen LogP contribution in [0, 0.1) is 22.8 Å². The summed E-state index contributed by atoms with van der Waals surface area (Å²) in [6, 6.07) is 12.4. The first-order chi connectivity index (χ1) is 9.36. The lowest BCUT2D eigenvalue weighted by Crippen LogP contribution is -2.23. The van der Waals surface area contributed by atoms with Gasteiger partial charge in [0, 0.05) is 6.54 Å². The Labute approximate surface area is 114 Å². The van der Waals surface area contributed by atoms with E-state index in [0.717, 1.165) is 32.2 Å². The quantitative estimate of drug-likeness (QED) is 0.352. The van der Waals surface area contributed by atoms with Crippen LogP contribution in [0.3, 0.4) is 0 Å². The number of unbranched alkanes of at least 4 members (excludes halogenated alkanes) is 2. The van der Waals surface area contributed by atoms with Crippen LogP contribution in [0.2, 0.25) is 0 Å². The summed E-state index contributed by atoms with van der Waals surface area (Å²) in [5.74, 6) is 0.466. The molecule has 1 N–H and O–H groups in total. The molecule has 0 heterocycles. The molecular weight excluding hydrogens is 236 g/mol. The Kier molecular flexibility index (Phi) is 7.50. The summed E-state index contributed by atoms with van der Waals surface area (Å²) in [6.45, 7) is 0.761. The second-order valence-corrected chi connectivity index (χ2v) is 4.22. The molecular formula is C15H18N4. The summed E-state index contributed by atoms with van der Waals surface area (Å²) in [6.07, 6.45) is 6.24. The zero-order chi connectivity index (χ0) is 13.8. The number of nitrogens with zero attached hydrogens (tertiary/aromatic N) is 3. The molecule has 0 unspecified atom stereocenters. The Morgan fingerprint density at radius 3 is 2.58 bits per heavy atom. The first kappa shape index (κ1) is 14.7. The van der Waals surface area contributed by atoms with Gasteiger partial charge in [-0.05, 0) is 24.8 Å². The van der Waals surface area contributed by atoms with Gasteiger partial charge in [-0.1, -0.05) is 36.8 Å². The maximum absolute atomic E-state index is 8.55. The summed E-state index contributed by atoms with van der Waals surface area (Å²) in [4.78, 5) is 3.57. The average molecular weight is 254 g/mol. The molecule has 19 heavy (non-hydrogen) atoms. The van der Waals surface area contributed by atoms with Gasteiger partial charge in [-0.15, -0.1) is 0 Å². The Hall–Kier alpha value is -2.33. The minimum atomic E-state index is 0.164. The van der Waals surface area contributed by atoms with E-state index in [4.69, 9.17) is 10.5 Å². The van der Waals surface area contributed by atoms with Crippen molar-refractivity contribution in [2.24, 2.45) is 4.99 Å². The van der Waals surface area contributed by atoms with Crippen molar-refractivity contribution in [3.63, 3.8) is 0 Å². The highest BCUT2D eigenvalue weighted by Crippen LogP contribution is 2.05. The zero-order valence-corrected chi connectivity index (χ0v) is 11.0. The van der Waals surface area contributed by atoms with E-state index in [9.17, 15) is 0 Å². The second-order valence-electron chi connectivity index (χ2n) is 4.22. The molecule has 0 aromatic heterocycles. The van der Waals surface area contributed by atoms with Crippen molar-refractivity contribution in [3.05, 3.63) is 35.9 Å². The van der Waals surface area contributed by atoms with Crippen LogP contribution in [0.15, 0.2) is 35.3 Å². The lowest BCUT2D eigenvalue weighted by Gasteiger charge is -2.05. The van der Waals surface area contributed by atoms with Gasteiger partial charge in [0.05, 0.1) is 12.5 Å². The van der Waals surface area contributed by atoms with Crippen molar-refractivity contribution in [2.45, 2.75) is 32.1 Å². The van der Waals surface area contributed by atoms with Gasteiger partial charge in [0.2, 0.25) is 6.19 Å². The Balaban J connectivity index is 2.10. The standard InChI is InChI=1S/C15H18N4/c16-11-10-15(19-13-17)18-12-6-2-5-9-14-7-3-1-4-8-14/h1,3-4,7-8H,2,5-6,9-10,12H2,(H,18,19). The summed E-state index contributed by atoms with van der Waals surface area (Å²) in [5, 5.41) is 20.0. The molecule has 4 heteroatoms. The van der Waals surface area contributed by atoms with Gasteiger partial charge < -0.3 is 5.32 Å². The van der Waals surface area contributed by atoms with Crippen LogP contribution in [0.1, 0.15) is 31.2 Å². The second kappa shape index (κ2) is 9.67. The molecule has 4 nitrogen and oxygen atoms in total. The third kappa shape index (κ3) is 6.85. The smallest absolute Gasteiger partial charge is 0.207 e. The molecule has 98 valence electrons. The van der Waals surface area contributed by atoms with Crippen LogP contribution in [0.5, 0.6) is 0 Å². The van der Waals surface area contributed by atoms with E-state index in [0.29, 0.717) is 5.84 Å². The molecule has 0 aliphatic carbocycles. The molecule has 0 atom stereocenters. The van der Waals surface area contributed by atoms with Gasteiger partial charge in [0.15, 0.2) is 0 Å². The summed E-state index contributed by atoms with van der Waals surface area (Å²) >= 11 is 0. The van der Waals surface area contributed by atoms with Crippen LogP contribution in [-0.4, -0.2) is 12.4 Å². The maximum Gasteiger partial charge on any atom is 0.207 e. The summed E-state index contributed by atoms with van der Waals surface area (Å²) in [5.41, 5.74) is 1.37. The van der Waals surface area contributed by atoms with Crippen LogP contribution in [0.25, 0.3) is 0 Å². The van der Waals surface area contributed by atoms with Crippen LogP contribution < -0.4 is 5.32 Å². The average Bonchev–Trinajstić information content (AvgIpc) is 2.44. The predicted octanol–water partition coefficient (Wildman–Crippen LogP) is 2.78. The van der Waals surface area contributed by atoms with E-state index in [2.05, 4.69) is 34.6 Å². The van der Waals surface area contributed by atoms with Gasteiger partial charge in [-0.3, -0.25) is 0 Å². The highest BCUT2D eigenvalue weighted by atomic mass is 15.0. The largest absolute Gasteiger partial charge is 0.372 e. The number of amidine groups is 1. The first-order valence-corrected chi connectivity index (χ1v) is 6.47. The monoisotopic (exact) mass is 254 g/mol. The topological polar surface area (TPSA) is 72.0 Å². The van der Waals surface area contributed by atoms with Gasteiger partial charge in [-0.2, -0.15) is 15.5 Å². The highest BCUT2D eigenvalue weighted by molar-refractivity contribution is 5.84. The fraction of sp³-hybridized carbons (Fsp3) is 0.400. The molecule has 0 spiro atoms. The Morgan fingerprint density at radius 2 is 1.89 bits per heavy atom. The van der Waals surface area contributed by atoms with E-state index in [1.807, 2.05) is 12.1 Å². The van der Waals surface area contributed by atoms with Crippen molar-refractivity contribution < 1.29 is 0 Å². The molecule has 0 aliphatic rings. The number of rotatable bonds is 7. The highest BCUT2D eigenvalue weighted by Gasteiger charge is 1.97. The fourth-order valence-electron chi connectivity index (χ4n) is 1.79. The van der Waals surface area contributed by atoms with E-state index in [-0.39, 0.29) is 6.42 Å². The lowest BCUT2D eigenvalue weighted by molar-refractivity contribution is 0.662. The van der Waals surface area contributed by atoms with Gasteiger partial charge in [0.25, 0.3) is 0 Å². The molecule has 1 rings (SSSR count). The third-order valence-electron chi connectivity index (χ3n) is 2.75. The van der Waals surface area contributed by atoms with Gasteiger partial charge >= 0.3 is 0 Å². The number of nitrogens with one attached hydrogen (secondary N) is 1. The van der Waals surface area contributed by atoms with E-state index in [1.165, 1.54) is 5.56 Å². The van der Waals surface area contributed by atoms with Crippen LogP contribution in [0.4, 0.5) is 0 Å². The van der Waals surface area contributed by atoms with Crippen molar-refractivity contribution in [1.82, 2.24) is 5.32 Å². The lowest BCUT2D eigenvalue weighted by atomic mass is 10.1. The van der Waals surface area contributed by atoms with Crippen molar-refractivity contribution >= 4 is 5.84 Å². The van der Waals surface area contributed by atoms with E-state index >= 15 is 0 Å². The van der Waals surface area contributed by atoms with Crippen molar-refractivity contribution in [3.8, 4) is 12.3 Å². The molecule has 0 bridgehead atoms. The Bertz CT molecular complexity index is 465. The van der Waals surface area contributed by atoms with Crippen LogP contribution in [-0.2, 0) is 6.42 Å². The Morgan fingerprint density at radius 1 is 1.11 bits per heavy atom.